The van der Waals surface area contributed by atoms with Crippen molar-refractivity contribution < 1.29 is 18.8 Å². The number of hydrogen-bond acceptors (Lipinski definition) is 6. The Morgan fingerprint density at radius 3 is 2.60 bits per heavy atom. The summed E-state index contributed by atoms with van der Waals surface area (Å²) in [6.07, 6.45) is 0. The fraction of sp³-hybridized carbons (Fsp3) is 0.353. The number of anilines is 1. The molecule has 0 saturated heterocycles. The Morgan fingerprint density at radius 1 is 1.28 bits per heavy atom. The number of aryl methyl sites for hydroxylation is 1. The zero-order valence-corrected chi connectivity index (χ0v) is 15.3. The van der Waals surface area contributed by atoms with Gasteiger partial charge in [0.15, 0.2) is 5.82 Å². The van der Waals surface area contributed by atoms with Crippen LogP contribution in [-0.4, -0.2) is 47.5 Å². The van der Waals surface area contributed by atoms with Crippen LogP contribution in [-0.2, 0) is 16.1 Å². The first kappa shape index (κ1) is 18.9. The Kier molecular flexibility index (Phi) is 6.88. The quantitative estimate of drug-likeness (QED) is 0.775. The highest BCUT2D eigenvalue weighted by atomic mass is 32.2. The van der Waals surface area contributed by atoms with E-state index in [1.807, 2.05) is 24.3 Å². The minimum Gasteiger partial charge on any atom is -0.497 e. The Labute approximate surface area is 150 Å². The highest BCUT2D eigenvalue weighted by Gasteiger charge is 2.12. The molecule has 0 atom stereocenters. The molecule has 0 spiro atoms. The van der Waals surface area contributed by atoms with Crippen molar-refractivity contribution in [3.05, 3.63) is 41.7 Å². The first-order valence-electron chi connectivity index (χ1n) is 7.65. The van der Waals surface area contributed by atoms with E-state index in [1.54, 1.807) is 32.0 Å². The predicted molar refractivity (Wildman–Crippen MR) is 96.7 cm³/mol. The summed E-state index contributed by atoms with van der Waals surface area (Å²) in [7, 11) is 3.35. The van der Waals surface area contributed by atoms with Gasteiger partial charge in [-0.25, -0.2) is 0 Å². The molecule has 2 amide bonds. The van der Waals surface area contributed by atoms with Crippen molar-refractivity contribution in [3.63, 3.8) is 0 Å². The first-order chi connectivity index (χ1) is 12.0. The lowest BCUT2D eigenvalue weighted by molar-refractivity contribution is -0.127. The average Bonchev–Trinajstić information content (AvgIpc) is 3.00. The van der Waals surface area contributed by atoms with Gasteiger partial charge in [-0.2, -0.15) is 0 Å². The number of thioether (sulfide) groups is 1. The summed E-state index contributed by atoms with van der Waals surface area (Å²) in [4.78, 5) is 25.5. The fourth-order valence-corrected chi connectivity index (χ4v) is 2.79. The van der Waals surface area contributed by atoms with Crippen LogP contribution < -0.4 is 10.1 Å². The van der Waals surface area contributed by atoms with E-state index in [-0.39, 0.29) is 23.3 Å². The Balaban J connectivity index is 1.70. The largest absolute Gasteiger partial charge is 0.497 e. The molecule has 0 aliphatic heterocycles. The summed E-state index contributed by atoms with van der Waals surface area (Å²) < 4.78 is 9.98. The second-order valence-electron chi connectivity index (χ2n) is 5.46. The molecule has 134 valence electrons. The summed E-state index contributed by atoms with van der Waals surface area (Å²) in [5.74, 6) is 1.94. The lowest BCUT2D eigenvalue weighted by atomic mass is 10.2. The highest BCUT2D eigenvalue weighted by Crippen LogP contribution is 2.13. The molecule has 2 rings (SSSR count). The number of nitrogens with one attached hydrogen (secondary N) is 1. The van der Waals surface area contributed by atoms with Gasteiger partial charge in [-0.3, -0.25) is 9.59 Å². The third kappa shape index (κ3) is 6.15. The summed E-state index contributed by atoms with van der Waals surface area (Å²) in [6, 6.07) is 9.19. The van der Waals surface area contributed by atoms with Crippen LogP contribution in [0, 0.1) is 6.92 Å². The lowest BCUT2D eigenvalue weighted by Crippen LogP contribution is -2.28. The van der Waals surface area contributed by atoms with Gasteiger partial charge >= 0.3 is 0 Å². The molecule has 25 heavy (non-hydrogen) atoms. The molecule has 1 aromatic heterocycles. The van der Waals surface area contributed by atoms with Crippen LogP contribution in [0.3, 0.4) is 0 Å². The average molecular weight is 363 g/mol. The number of nitrogens with zero attached hydrogens (tertiary/aromatic N) is 2. The van der Waals surface area contributed by atoms with E-state index < -0.39 is 0 Å². The van der Waals surface area contributed by atoms with Crippen molar-refractivity contribution in [1.82, 2.24) is 10.1 Å². The predicted octanol–water partition coefficient (Wildman–Crippen LogP) is 2.32. The molecule has 0 radical (unpaired) electrons. The number of benzene rings is 1. The molecule has 0 aliphatic rings. The minimum absolute atomic E-state index is 0.0362. The number of amides is 2. The van der Waals surface area contributed by atoms with Gasteiger partial charge in [-0.05, 0) is 24.6 Å². The number of rotatable bonds is 8. The summed E-state index contributed by atoms with van der Waals surface area (Å²) in [5, 5.41) is 6.30. The van der Waals surface area contributed by atoms with Crippen molar-refractivity contribution in [3.8, 4) is 5.75 Å². The lowest BCUT2D eigenvalue weighted by Gasteiger charge is -2.17. The number of methoxy groups -OCH3 is 1. The molecule has 2 aromatic rings. The van der Waals surface area contributed by atoms with Gasteiger partial charge in [0.2, 0.25) is 11.8 Å². The molecule has 0 saturated carbocycles. The third-order valence-corrected chi connectivity index (χ3v) is 4.28. The van der Waals surface area contributed by atoms with Crippen molar-refractivity contribution in [2.45, 2.75) is 13.5 Å². The zero-order chi connectivity index (χ0) is 18.2. The molecule has 0 unspecified atom stereocenters. The van der Waals surface area contributed by atoms with Crippen LogP contribution in [0.15, 0.2) is 34.9 Å². The van der Waals surface area contributed by atoms with Gasteiger partial charge in [-0.1, -0.05) is 17.3 Å². The maximum Gasteiger partial charge on any atom is 0.235 e. The molecule has 0 fully saturated rings. The van der Waals surface area contributed by atoms with Crippen LogP contribution in [0.25, 0.3) is 0 Å². The van der Waals surface area contributed by atoms with E-state index in [1.165, 1.54) is 11.8 Å². The number of aromatic nitrogens is 1. The van der Waals surface area contributed by atoms with Crippen molar-refractivity contribution >= 4 is 29.4 Å². The first-order valence-corrected chi connectivity index (χ1v) is 8.81. The molecule has 8 heteroatoms. The van der Waals surface area contributed by atoms with Crippen LogP contribution in [0.4, 0.5) is 5.82 Å². The summed E-state index contributed by atoms with van der Waals surface area (Å²) in [5.41, 5.74) is 1.01. The van der Waals surface area contributed by atoms with Gasteiger partial charge in [-0.15, -0.1) is 11.8 Å². The monoisotopic (exact) mass is 363 g/mol. The number of carbonyl (C=O) groups excluding carboxylic acids is 2. The SMILES string of the molecule is COc1ccc(CN(C)C(=O)CSCC(=O)Nc2cc(C)on2)cc1. The molecular weight excluding hydrogens is 342 g/mol. The van der Waals surface area contributed by atoms with Crippen molar-refractivity contribution in [2.24, 2.45) is 0 Å². The fourth-order valence-electron chi connectivity index (χ4n) is 2.04. The normalized spacial score (nSPS) is 10.4. The van der Waals surface area contributed by atoms with Gasteiger partial charge in [0.25, 0.3) is 0 Å². The van der Waals surface area contributed by atoms with Crippen LogP contribution >= 0.6 is 11.8 Å². The smallest absolute Gasteiger partial charge is 0.235 e. The van der Waals surface area contributed by atoms with E-state index in [2.05, 4.69) is 10.5 Å². The summed E-state index contributed by atoms with van der Waals surface area (Å²) >= 11 is 1.26. The molecular formula is C17H21N3O4S. The van der Waals surface area contributed by atoms with Gasteiger partial charge < -0.3 is 19.5 Å². The van der Waals surface area contributed by atoms with E-state index in [0.29, 0.717) is 18.1 Å². The van der Waals surface area contributed by atoms with Gasteiger partial charge in [0.1, 0.15) is 11.5 Å². The standard InChI is InChI=1S/C17H21N3O4S/c1-12-8-15(19-24-12)18-16(21)10-25-11-17(22)20(2)9-13-4-6-14(23-3)7-5-13/h4-8H,9-11H2,1-3H3,(H,18,19,21). The van der Waals surface area contributed by atoms with Gasteiger partial charge in [0, 0.05) is 19.7 Å². The maximum absolute atomic E-state index is 12.1. The Bertz CT molecular complexity index is 715. The Hall–Kier alpha value is -2.48. The molecule has 1 N–H and O–H groups in total. The van der Waals surface area contributed by atoms with Crippen LogP contribution in [0.5, 0.6) is 5.75 Å². The molecule has 0 bridgehead atoms. The molecule has 1 aromatic carbocycles. The number of hydrogen-bond donors (Lipinski definition) is 1. The molecule has 1 heterocycles. The van der Waals surface area contributed by atoms with E-state index in [0.717, 1.165) is 11.3 Å². The molecule has 7 nitrogen and oxygen atoms in total. The van der Waals surface area contributed by atoms with Gasteiger partial charge in [0.05, 0.1) is 18.6 Å². The Morgan fingerprint density at radius 2 is 2.00 bits per heavy atom. The maximum atomic E-state index is 12.1. The zero-order valence-electron chi connectivity index (χ0n) is 14.4. The minimum atomic E-state index is -0.219. The summed E-state index contributed by atoms with van der Waals surface area (Å²) in [6.45, 7) is 2.25. The van der Waals surface area contributed by atoms with E-state index in [4.69, 9.17) is 9.26 Å². The van der Waals surface area contributed by atoms with E-state index >= 15 is 0 Å². The van der Waals surface area contributed by atoms with Crippen molar-refractivity contribution in [1.29, 1.82) is 0 Å². The van der Waals surface area contributed by atoms with Crippen LogP contribution in [0.2, 0.25) is 0 Å². The highest BCUT2D eigenvalue weighted by molar-refractivity contribution is 8.00. The second-order valence-corrected chi connectivity index (χ2v) is 6.45. The third-order valence-electron chi connectivity index (χ3n) is 3.36. The van der Waals surface area contributed by atoms with Crippen LogP contribution in [0.1, 0.15) is 11.3 Å². The second kappa shape index (κ2) is 9.12. The topological polar surface area (TPSA) is 84.7 Å². The van der Waals surface area contributed by atoms with Crippen molar-refractivity contribution in [2.75, 3.05) is 31.0 Å². The van der Waals surface area contributed by atoms with E-state index in [9.17, 15) is 9.59 Å². The number of ether oxygens (including phenoxy) is 1. The number of carbonyl (C=O) groups is 2. The molecule has 0 aliphatic carbocycles.